The molecular weight excluding hydrogens is 278 g/mol. The summed E-state index contributed by atoms with van der Waals surface area (Å²) in [6, 6.07) is 1.34. The van der Waals surface area contributed by atoms with E-state index in [2.05, 4.69) is 4.74 Å². The molecular formula is C14H19NO6. The Labute approximate surface area is 122 Å². The number of benzene rings is 1. The van der Waals surface area contributed by atoms with Crippen molar-refractivity contribution in [3.05, 3.63) is 17.2 Å². The highest BCUT2D eigenvalue weighted by molar-refractivity contribution is 5.96. The van der Waals surface area contributed by atoms with Crippen molar-refractivity contribution in [3.63, 3.8) is 0 Å². The van der Waals surface area contributed by atoms with E-state index in [0.29, 0.717) is 49.4 Å². The minimum atomic E-state index is -1.13. The molecule has 0 fully saturated rings. The van der Waals surface area contributed by atoms with Crippen LogP contribution in [0.2, 0.25) is 0 Å². The summed E-state index contributed by atoms with van der Waals surface area (Å²) in [6.07, 6.45) is 1.80. The van der Waals surface area contributed by atoms with Crippen molar-refractivity contribution in [1.29, 1.82) is 0 Å². The number of nitrogen functional groups attached to an aromatic ring is 1. The standard InChI is InChI=1S/C14H19NO6/c1-19-11-7-10(14(17)18)12(15)9(13(11)20-2)5-3-4-6-21-8-16/h7-8H,3-6,15H2,1-2H3,(H,17,18). The van der Waals surface area contributed by atoms with Gasteiger partial charge < -0.3 is 25.1 Å². The van der Waals surface area contributed by atoms with Crippen LogP contribution in [0, 0.1) is 0 Å². The maximum Gasteiger partial charge on any atom is 0.337 e. The first kappa shape index (κ1) is 16.6. The fourth-order valence-corrected chi connectivity index (χ4v) is 2.04. The summed E-state index contributed by atoms with van der Waals surface area (Å²) in [5, 5.41) is 9.18. The predicted octanol–water partition coefficient (Wildman–Crippen LogP) is 1.48. The van der Waals surface area contributed by atoms with E-state index >= 15 is 0 Å². The fourth-order valence-electron chi connectivity index (χ4n) is 2.04. The van der Waals surface area contributed by atoms with Gasteiger partial charge in [-0.25, -0.2) is 4.79 Å². The molecule has 1 aromatic carbocycles. The summed E-state index contributed by atoms with van der Waals surface area (Å²) in [5.74, 6) is -0.376. The van der Waals surface area contributed by atoms with Gasteiger partial charge in [-0.1, -0.05) is 0 Å². The second-order valence-corrected chi connectivity index (χ2v) is 4.28. The van der Waals surface area contributed by atoms with E-state index in [1.54, 1.807) is 0 Å². The Morgan fingerprint density at radius 2 is 2.05 bits per heavy atom. The summed E-state index contributed by atoms with van der Waals surface area (Å²) >= 11 is 0. The van der Waals surface area contributed by atoms with Crippen LogP contribution >= 0.6 is 0 Å². The van der Waals surface area contributed by atoms with Gasteiger partial charge in [0.15, 0.2) is 11.5 Å². The van der Waals surface area contributed by atoms with Gasteiger partial charge in [0.1, 0.15) is 0 Å². The molecule has 0 bridgehead atoms. The van der Waals surface area contributed by atoms with Crippen LogP contribution in [0.25, 0.3) is 0 Å². The molecule has 0 saturated heterocycles. The van der Waals surface area contributed by atoms with E-state index in [9.17, 15) is 14.7 Å². The first-order valence-corrected chi connectivity index (χ1v) is 6.38. The van der Waals surface area contributed by atoms with Crippen LogP contribution in [0.15, 0.2) is 6.07 Å². The maximum absolute atomic E-state index is 11.2. The molecule has 7 nitrogen and oxygen atoms in total. The molecule has 7 heteroatoms. The van der Waals surface area contributed by atoms with Gasteiger partial charge in [-0.2, -0.15) is 0 Å². The Bertz CT molecular complexity index is 515. The van der Waals surface area contributed by atoms with Gasteiger partial charge in [0.05, 0.1) is 32.1 Å². The number of ether oxygens (including phenoxy) is 3. The first-order chi connectivity index (χ1) is 10.1. The number of carbonyl (C=O) groups excluding carboxylic acids is 1. The molecule has 0 aliphatic rings. The smallest absolute Gasteiger partial charge is 0.337 e. The lowest BCUT2D eigenvalue weighted by molar-refractivity contribution is -0.128. The predicted molar refractivity (Wildman–Crippen MR) is 75.9 cm³/mol. The van der Waals surface area contributed by atoms with Gasteiger partial charge in [0.2, 0.25) is 0 Å². The van der Waals surface area contributed by atoms with E-state index in [1.165, 1.54) is 20.3 Å². The Hall–Kier alpha value is -2.44. The molecule has 0 atom stereocenters. The second kappa shape index (κ2) is 7.98. The zero-order valence-electron chi connectivity index (χ0n) is 12.0. The molecule has 1 rings (SSSR count). The number of rotatable bonds is 9. The van der Waals surface area contributed by atoms with Crippen LogP contribution in [0.3, 0.4) is 0 Å². The number of hydrogen-bond donors (Lipinski definition) is 2. The molecule has 0 aliphatic carbocycles. The van der Waals surface area contributed by atoms with Gasteiger partial charge in [0.25, 0.3) is 6.47 Å². The number of nitrogens with two attached hydrogens (primary N) is 1. The zero-order valence-corrected chi connectivity index (χ0v) is 12.0. The van der Waals surface area contributed by atoms with E-state index in [4.69, 9.17) is 15.2 Å². The molecule has 0 amide bonds. The number of unbranched alkanes of at least 4 members (excludes halogenated alkanes) is 1. The minimum Gasteiger partial charge on any atom is -0.493 e. The van der Waals surface area contributed by atoms with Crippen molar-refractivity contribution in [3.8, 4) is 11.5 Å². The van der Waals surface area contributed by atoms with Crippen molar-refractivity contribution in [2.24, 2.45) is 0 Å². The minimum absolute atomic E-state index is 0.0215. The van der Waals surface area contributed by atoms with E-state index < -0.39 is 5.97 Å². The first-order valence-electron chi connectivity index (χ1n) is 6.38. The summed E-state index contributed by atoms with van der Waals surface area (Å²) < 4.78 is 15.0. The second-order valence-electron chi connectivity index (χ2n) is 4.28. The average Bonchev–Trinajstić information content (AvgIpc) is 2.47. The number of hydrogen-bond acceptors (Lipinski definition) is 6. The molecule has 0 spiro atoms. The summed E-state index contributed by atoms with van der Waals surface area (Å²) in [7, 11) is 2.90. The number of carboxylic acids is 1. The molecule has 0 aliphatic heterocycles. The van der Waals surface area contributed by atoms with E-state index in [1.807, 2.05) is 0 Å². The highest BCUT2D eigenvalue weighted by Gasteiger charge is 2.20. The molecule has 3 N–H and O–H groups in total. The van der Waals surface area contributed by atoms with Crippen LogP contribution in [-0.4, -0.2) is 38.4 Å². The Balaban J connectivity index is 3.05. The number of anilines is 1. The van der Waals surface area contributed by atoms with Crippen molar-refractivity contribution in [2.75, 3.05) is 26.6 Å². The topological polar surface area (TPSA) is 108 Å². The normalized spacial score (nSPS) is 10.0. The Kier molecular flexibility index (Phi) is 6.32. The quantitative estimate of drug-likeness (QED) is 0.403. The monoisotopic (exact) mass is 297 g/mol. The molecule has 0 aromatic heterocycles. The van der Waals surface area contributed by atoms with Gasteiger partial charge in [-0.05, 0) is 19.3 Å². The number of carboxylic acid groups (broad SMARTS) is 1. The van der Waals surface area contributed by atoms with Crippen LogP contribution < -0.4 is 15.2 Å². The lowest BCUT2D eigenvalue weighted by Crippen LogP contribution is -2.09. The van der Waals surface area contributed by atoms with Crippen LogP contribution in [0.1, 0.15) is 28.8 Å². The highest BCUT2D eigenvalue weighted by atomic mass is 16.5. The van der Waals surface area contributed by atoms with E-state index in [0.717, 1.165) is 0 Å². The largest absolute Gasteiger partial charge is 0.493 e. The van der Waals surface area contributed by atoms with Gasteiger partial charge in [-0.3, -0.25) is 4.79 Å². The number of methoxy groups -OCH3 is 2. The fraction of sp³-hybridized carbons (Fsp3) is 0.429. The van der Waals surface area contributed by atoms with Crippen molar-refractivity contribution < 1.29 is 28.9 Å². The van der Waals surface area contributed by atoms with Crippen LogP contribution in [0.5, 0.6) is 11.5 Å². The highest BCUT2D eigenvalue weighted by Crippen LogP contribution is 2.38. The molecule has 21 heavy (non-hydrogen) atoms. The molecule has 0 radical (unpaired) electrons. The van der Waals surface area contributed by atoms with Gasteiger partial charge in [-0.15, -0.1) is 0 Å². The maximum atomic E-state index is 11.2. The lowest BCUT2D eigenvalue weighted by Gasteiger charge is -2.17. The Morgan fingerprint density at radius 3 is 2.57 bits per heavy atom. The van der Waals surface area contributed by atoms with Crippen molar-refractivity contribution in [2.45, 2.75) is 19.3 Å². The molecule has 0 heterocycles. The van der Waals surface area contributed by atoms with Crippen molar-refractivity contribution in [1.82, 2.24) is 0 Å². The van der Waals surface area contributed by atoms with Gasteiger partial charge >= 0.3 is 5.97 Å². The van der Waals surface area contributed by atoms with E-state index in [-0.39, 0.29) is 11.3 Å². The molecule has 1 aromatic rings. The van der Waals surface area contributed by atoms with Crippen LogP contribution in [-0.2, 0) is 16.0 Å². The third kappa shape index (κ3) is 4.01. The number of aromatic carboxylic acids is 1. The average molecular weight is 297 g/mol. The zero-order chi connectivity index (χ0) is 15.8. The SMILES string of the molecule is COc1cc(C(=O)O)c(N)c(CCCCOC=O)c1OC. The van der Waals surface area contributed by atoms with Crippen molar-refractivity contribution >= 4 is 18.1 Å². The molecule has 0 saturated carbocycles. The summed E-state index contributed by atoms with van der Waals surface area (Å²) in [4.78, 5) is 21.3. The summed E-state index contributed by atoms with van der Waals surface area (Å²) in [5.41, 5.74) is 6.65. The third-order valence-corrected chi connectivity index (χ3v) is 3.05. The third-order valence-electron chi connectivity index (χ3n) is 3.05. The molecule has 0 unspecified atom stereocenters. The molecule has 116 valence electrons. The van der Waals surface area contributed by atoms with Crippen LogP contribution in [0.4, 0.5) is 5.69 Å². The Morgan fingerprint density at radius 1 is 1.33 bits per heavy atom. The van der Waals surface area contributed by atoms with Gasteiger partial charge in [0, 0.05) is 11.6 Å². The lowest BCUT2D eigenvalue weighted by atomic mass is 10.00. The number of carbonyl (C=O) groups is 2. The summed E-state index contributed by atoms with van der Waals surface area (Å²) in [6.45, 7) is 0.699.